The van der Waals surface area contributed by atoms with Crippen molar-refractivity contribution in [3.05, 3.63) is 35.9 Å². The first-order valence-electron chi connectivity index (χ1n) is 12.2. The smallest absolute Gasteiger partial charge is 0.289 e. The van der Waals surface area contributed by atoms with Crippen LogP contribution in [0.5, 0.6) is 0 Å². The molecule has 2 rings (SSSR count). The van der Waals surface area contributed by atoms with Gasteiger partial charge in [-0.05, 0) is 44.1 Å². The summed E-state index contributed by atoms with van der Waals surface area (Å²) in [6.07, 6.45) is 4.18. The number of amides is 4. The first-order chi connectivity index (χ1) is 17.0. The molecule has 0 spiro atoms. The maximum Gasteiger partial charge on any atom is 0.289 e. The van der Waals surface area contributed by atoms with Crippen LogP contribution in [-0.4, -0.2) is 66.6 Å². The molecule has 210 valence electrons. The van der Waals surface area contributed by atoms with Crippen molar-refractivity contribution in [2.45, 2.75) is 66.0 Å². The lowest BCUT2D eigenvalue weighted by atomic mass is 10.0. The molecule has 1 aromatic rings. The van der Waals surface area contributed by atoms with E-state index in [9.17, 15) is 24.0 Å². The molecule has 10 heteroatoms. The van der Waals surface area contributed by atoms with E-state index >= 15 is 0 Å². The molecule has 1 saturated carbocycles. The van der Waals surface area contributed by atoms with E-state index in [0.717, 1.165) is 12.8 Å². The average Bonchev–Trinajstić information content (AvgIpc) is 3.65. The van der Waals surface area contributed by atoms with E-state index in [-0.39, 0.29) is 30.1 Å². The summed E-state index contributed by atoms with van der Waals surface area (Å²) < 4.78 is 0. The maximum atomic E-state index is 12.2. The molecule has 0 saturated heterocycles. The number of Topliss-reactive ketones (excluding diaryl/α,β-unsaturated/α-hetero) is 1. The summed E-state index contributed by atoms with van der Waals surface area (Å²) in [7, 11) is 0. The monoisotopic (exact) mass is 530 g/mol. The Morgan fingerprint density at radius 3 is 2.03 bits per heavy atom. The van der Waals surface area contributed by atoms with Gasteiger partial charge in [-0.2, -0.15) is 11.8 Å². The number of rotatable bonds is 11. The number of carbonyl (C=O) groups excluding carboxylic acids is 5. The predicted octanol–water partition coefficient (Wildman–Crippen LogP) is 2.97. The molecule has 0 aromatic heterocycles. The van der Waals surface area contributed by atoms with Crippen LogP contribution < -0.4 is 21.3 Å². The molecule has 1 atom stereocenters. The van der Waals surface area contributed by atoms with E-state index in [1.165, 1.54) is 18.2 Å². The maximum absolute atomic E-state index is 12.2. The highest BCUT2D eigenvalue weighted by Crippen LogP contribution is 2.18. The Kier molecular flexibility index (Phi) is 17.8. The molecule has 0 bridgehead atoms. The Balaban J connectivity index is -0.000000229. The van der Waals surface area contributed by atoms with Crippen molar-refractivity contribution >= 4 is 41.2 Å². The molecule has 1 aliphatic rings. The molecule has 36 heavy (non-hydrogen) atoms. The van der Waals surface area contributed by atoms with Gasteiger partial charge in [-0.1, -0.05) is 56.7 Å². The highest BCUT2D eigenvalue weighted by Gasteiger charge is 2.27. The van der Waals surface area contributed by atoms with Gasteiger partial charge in [-0.25, -0.2) is 0 Å². The Hall–Kier alpha value is -2.88. The zero-order chi connectivity index (χ0) is 27.5. The fraction of sp³-hybridized carbons (Fsp3) is 0.577. The second-order valence-electron chi connectivity index (χ2n) is 8.78. The fourth-order valence-corrected chi connectivity index (χ4v) is 2.55. The highest BCUT2D eigenvalue weighted by molar-refractivity contribution is 7.98. The van der Waals surface area contributed by atoms with Crippen LogP contribution in [0.15, 0.2) is 30.3 Å². The van der Waals surface area contributed by atoms with Crippen LogP contribution in [0.25, 0.3) is 0 Å². The van der Waals surface area contributed by atoms with Crippen LogP contribution in [0.2, 0.25) is 0 Å². The van der Waals surface area contributed by atoms with E-state index in [2.05, 4.69) is 53.5 Å². The van der Waals surface area contributed by atoms with E-state index in [1.807, 2.05) is 43.8 Å². The molecular formula is C26H50N4O5S. The van der Waals surface area contributed by atoms with Gasteiger partial charge in [0, 0.05) is 18.7 Å². The van der Waals surface area contributed by atoms with Crippen LogP contribution in [0.4, 0.5) is 0 Å². The summed E-state index contributed by atoms with van der Waals surface area (Å²) in [5.41, 5.74) is 1.32. The predicted molar refractivity (Wildman–Crippen MR) is 153 cm³/mol. The number of thioether (sulfide) groups is 1. The molecule has 9 nitrogen and oxygen atoms in total. The van der Waals surface area contributed by atoms with Crippen molar-refractivity contribution in [2.75, 3.05) is 25.1 Å². The molecule has 4 N–H and O–H groups in total. The van der Waals surface area contributed by atoms with E-state index in [1.54, 1.807) is 0 Å². The lowest BCUT2D eigenvalue weighted by Gasteiger charge is -2.20. The standard InChI is InChI=1S/C16H26N4O5.C7H8.C3H8S.4H2/c1-9(2)6-12(20-14(23)8-17-10(3)21)15(24)18-7-13(22)16(25)19-11-4-5-11;1-7-5-3-2-4-6-7;1-3-4-2;;;;/h9,11-12H,4-8H2,1-3H3,(H,17,21)(H,18,24)(H,19,25)(H,20,23);2-6H,1H3;3H2,1-2H3;4*1H/t12-;;;;;;/m0....../s1. The molecule has 4 amide bonds. The third-order valence-electron chi connectivity index (χ3n) is 4.67. The number of benzene rings is 1. The van der Waals surface area contributed by atoms with Gasteiger partial charge in [-0.15, -0.1) is 0 Å². The minimum Gasteiger partial charge on any atom is -0.347 e. The average molecular weight is 531 g/mol. The summed E-state index contributed by atoms with van der Waals surface area (Å²) in [5, 5.41) is 9.79. The number of hydrogen-bond acceptors (Lipinski definition) is 6. The summed E-state index contributed by atoms with van der Waals surface area (Å²) in [4.78, 5) is 58.1. The topological polar surface area (TPSA) is 133 Å². The van der Waals surface area contributed by atoms with Gasteiger partial charge in [0.2, 0.25) is 23.5 Å². The van der Waals surface area contributed by atoms with E-state index in [4.69, 9.17) is 0 Å². The fourth-order valence-electron chi connectivity index (χ4n) is 2.55. The second kappa shape index (κ2) is 19.3. The van der Waals surface area contributed by atoms with Crippen LogP contribution in [-0.2, 0) is 24.0 Å². The summed E-state index contributed by atoms with van der Waals surface area (Å²) in [6.45, 7) is 8.62. The lowest BCUT2D eigenvalue weighted by molar-refractivity contribution is -0.138. The Labute approximate surface area is 225 Å². The van der Waals surface area contributed by atoms with E-state index < -0.39 is 36.1 Å². The SMILES string of the molecule is CC(=O)NCC(=O)N[C@@H](CC(C)C)C(=O)NCC(=O)C(=O)NC1CC1.CCSC.Cc1ccccc1.[HH].[HH].[HH].[HH]. The Morgan fingerprint density at radius 2 is 1.61 bits per heavy atom. The van der Waals surface area contributed by atoms with E-state index in [0.29, 0.717) is 6.42 Å². The van der Waals surface area contributed by atoms with Crippen molar-refractivity contribution in [1.82, 2.24) is 21.3 Å². The lowest BCUT2D eigenvalue weighted by Crippen LogP contribution is -2.51. The van der Waals surface area contributed by atoms with Crippen LogP contribution in [0.1, 0.15) is 58.2 Å². The largest absolute Gasteiger partial charge is 0.347 e. The van der Waals surface area contributed by atoms with Gasteiger partial charge in [0.05, 0.1) is 13.1 Å². The molecule has 1 aliphatic carbocycles. The zero-order valence-corrected chi connectivity index (χ0v) is 23.1. The van der Waals surface area contributed by atoms with Gasteiger partial charge >= 0.3 is 0 Å². The van der Waals surface area contributed by atoms with Gasteiger partial charge in [0.1, 0.15) is 6.04 Å². The van der Waals surface area contributed by atoms with Crippen LogP contribution >= 0.6 is 11.8 Å². The number of aryl methyl sites for hydroxylation is 1. The molecular weight excluding hydrogens is 480 g/mol. The molecule has 0 radical (unpaired) electrons. The third kappa shape index (κ3) is 18.4. The third-order valence-corrected chi connectivity index (χ3v) is 5.25. The van der Waals surface area contributed by atoms with Crippen molar-refractivity contribution in [3.8, 4) is 0 Å². The van der Waals surface area contributed by atoms with Crippen molar-refractivity contribution in [2.24, 2.45) is 5.92 Å². The molecule has 0 aliphatic heterocycles. The van der Waals surface area contributed by atoms with Crippen molar-refractivity contribution in [1.29, 1.82) is 0 Å². The summed E-state index contributed by atoms with van der Waals surface area (Å²) in [6, 6.07) is 9.48. The molecule has 1 aromatic carbocycles. The number of hydrogen-bond donors (Lipinski definition) is 4. The van der Waals surface area contributed by atoms with Crippen LogP contribution in [0.3, 0.4) is 0 Å². The zero-order valence-electron chi connectivity index (χ0n) is 22.3. The van der Waals surface area contributed by atoms with Crippen molar-refractivity contribution in [3.63, 3.8) is 0 Å². The van der Waals surface area contributed by atoms with Gasteiger partial charge < -0.3 is 21.3 Å². The minimum atomic E-state index is -0.847. The highest BCUT2D eigenvalue weighted by atomic mass is 32.2. The Morgan fingerprint density at radius 1 is 1.03 bits per heavy atom. The molecule has 1 fully saturated rings. The van der Waals surface area contributed by atoms with Gasteiger partial charge in [0.25, 0.3) is 5.91 Å². The summed E-state index contributed by atoms with van der Waals surface area (Å²) >= 11 is 1.86. The number of ketones is 1. The first kappa shape index (κ1) is 33.1. The number of nitrogens with one attached hydrogen (secondary N) is 4. The van der Waals surface area contributed by atoms with Gasteiger partial charge in [-0.3, -0.25) is 24.0 Å². The van der Waals surface area contributed by atoms with Gasteiger partial charge in [0.15, 0.2) is 0 Å². The summed E-state index contributed by atoms with van der Waals surface area (Å²) in [5.74, 6) is -1.49. The first-order valence-corrected chi connectivity index (χ1v) is 13.5. The normalized spacial score (nSPS) is 12.5. The Bertz CT molecular complexity index is 846. The molecule has 0 unspecified atom stereocenters. The number of carbonyl (C=O) groups is 5. The second-order valence-corrected chi connectivity index (χ2v) is 9.93. The van der Waals surface area contributed by atoms with Crippen molar-refractivity contribution < 1.29 is 29.7 Å². The molecule has 0 heterocycles. The minimum absolute atomic E-state index is 0. The quantitative estimate of drug-likeness (QED) is 0.325. The van der Waals surface area contributed by atoms with Crippen LogP contribution in [0, 0.1) is 12.8 Å².